The van der Waals surface area contributed by atoms with Crippen molar-refractivity contribution >= 4 is 0 Å². The molecule has 0 fully saturated rings. The molecular formula is C14H24N2O. The summed E-state index contributed by atoms with van der Waals surface area (Å²) in [4.78, 5) is 2.15. The molecule has 0 saturated carbocycles. The second-order valence-corrected chi connectivity index (χ2v) is 4.56. The minimum atomic E-state index is 0.908. The predicted octanol–water partition coefficient (Wildman–Crippen LogP) is 2.26. The molecule has 0 aliphatic rings. The Hall–Kier alpha value is -1.06. The first-order valence-corrected chi connectivity index (χ1v) is 6.18. The number of nitrogens with zero attached hydrogens (tertiary/aromatic N) is 1. The van der Waals surface area contributed by atoms with Gasteiger partial charge >= 0.3 is 0 Å². The Kier molecular flexibility index (Phi) is 6.01. The lowest BCUT2D eigenvalue weighted by Gasteiger charge is -2.15. The van der Waals surface area contributed by atoms with Gasteiger partial charge in [0.15, 0.2) is 0 Å². The highest BCUT2D eigenvalue weighted by atomic mass is 16.5. The summed E-state index contributed by atoms with van der Waals surface area (Å²) in [6, 6.07) is 6.41. The van der Waals surface area contributed by atoms with Crippen LogP contribution in [0.1, 0.15) is 24.5 Å². The first-order chi connectivity index (χ1) is 8.17. The van der Waals surface area contributed by atoms with E-state index < -0.39 is 0 Å². The molecule has 96 valence electrons. The Balaban J connectivity index is 2.73. The van der Waals surface area contributed by atoms with Crippen LogP contribution in [-0.4, -0.2) is 32.6 Å². The molecule has 3 heteroatoms. The van der Waals surface area contributed by atoms with Gasteiger partial charge < -0.3 is 15.0 Å². The summed E-state index contributed by atoms with van der Waals surface area (Å²) in [5.41, 5.74) is 2.56. The maximum atomic E-state index is 5.38. The van der Waals surface area contributed by atoms with Gasteiger partial charge in [0, 0.05) is 18.7 Å². The zero-order valence-corrected chi connectivity index (χ0v) is 11.4. The second kappa shape index (κ2) is 7.30. The van der Waals surface area contributed by atoms with E-state index in [1.165, 1.54) is 17.5 Å². The van der Waals surface area contributed by atoms with E-state index in [0.29, 0.717) is 0 Å². The predicted molar refractivity (Wildman–Crippen MR) is 72.4 cm³/mol. The molecule has 0 unspecified atom stereocenters. The maximum Gasteiger partial charge on any atom is 0.123 e. The van der Waals surface area contributed by atoms with Crippen LogP contribution in [-0.2, 0) is 13.1 Å². The largest absolute Gasteiger partial charge is 0.496 e. The molecule has 0 aromatic heterocycles. The van der Waals surface area contributed by atoms with Crippen molar-refractivity contribution in [3.63, 3.8) is 0 Å². The molecule has 1 aromatic rings. The average molecular weight is 236 g/mol. The molecule has 0 atom stereocenters. The van der Waals surface area contributed by atoms with Crippen LogP contribution in [0.25, 0.3) is 0 Å². The molecule has 0 heterocycles. The number of ether oxygens (including phenoxy) is 1. The van der Waals surface area contributed by atoms with Crippen molar-refractivity contribution in [1.29, 1.82) is 0 Å². The fraction of sp³-hybridized carbons (Fsp3) is 0.571. The smallest absolute Gasteiger partial charge is 0.123 e. The van der Waals surface area contributed by atoms with E-state index in [1.807, 2.05) is 0 Å². The summed E-state index contributed by atoms with van der Waals surface area (Å²) < 4.78 is 5.38. The van der Waals surface area contributed by atoms with Crippen molar-refractivity contribution < 1.29 is 4.74 Å². The van der Waals surface area contributed by atoms with Crippen molar-refractivity contribution in [2.75, 3.05) is 27.7 Å². The zero-order valence-electron chi connectivity index (χ0n) is 11.4. The Morgan fingerprint density at radius 2 is 2.06 bits per heavy atom. The zero-order chi connectivity index (χ0) is 12.7. The van der Waals surface area contributed by atoms with Crippen molar-refractivity contribution in [3.05, 3.63) is 29.3 Å². The molecule has 3 nitrogen and oxygen atoms in total. The van der Waals surface area contributed by atoms with E-state index in [1.54, 1.807) is 7.11 Å². The van der Waals surface area contributed by atoms with E-state index in [2.05, 4.69) is 49.4 Å². The van der Waals surface area contributed by atoms with E-state index in [0.717, 1.165) is 25.4 Å². The number of hydrogen-bond donors (Lipinski definition) is 1. The number of hydrogen-bond acceptors (Lipinski definition) is 3. The van der Waals surface area contributed by atoms with Crippen LogP contribution in [0.4, 0.5) is 0 Å². The highest BCUT2D eigenvalue weighted by molar-refractivity contribution is 5.37. The Bertz CT molecular complexity index is 337. The van der Waals surface area contributed by atoms with Gasteiger partial charge in [-0.1, -0.05) is 13.0 Å². The third kappa shape index (κ3) is 4.75. The fourth-order valence-electron chi connectivity index (χ4n) is 1.82. The summed E-state index contributed by atoms with van der Waals surface area (Å²) >= 11 is 0. The van der Waals surface area contributed by atoms with Gasteiger partial charge in [-0.25, -0.2) is 0 Å². The molecule has 0 radical (unpaired) electrons. The fourth-order valence-corrected chi connectivity index (χ4v) is 1.82. The van der Waals surface area contributed by atoms with Gasteiger partial charge in [0.2, 0.25) is 0 Å². The van der Waals surface area contributed by atoms with Gasteiger partial charge in [0.25, 0.3) is 0 Å². The molecule has 0 aliphatic heterocycles. The topological polar surface area (TPSA) is 24.5 Å². The van der Waals surface area contributed by atoms with Crippen LogP contribution in [0.2, 0.25) is 0 Å². The molecule has 0 aliphatic carbocycles. The van der Waals surface area contributed by atoms with Gasteiger partial charge in [-0.15, -0.1) is 0 Å². The van der Waals surface area contributed by atoms with Crippen LogP contribution < -0.4 is 10.1 Å². The highest BCUT2D eigenvalue weighted by Crippen LogP contribution is 2.20. The lowest BCUT2D eigenvalue weighted by atomic mass is 10.1. The van der Waals surface area contributed by atoms with Gasteiger partial charge in [0.1, 0.15) is 5.75 Å². The summed E-state index contributed by atoms with van der Waals surface area (Å²) in [7, 11) is 5.87. The summed E-state index contributed by atoms with van der Waals surface area (Å²) in [5, 5.41) is 3.41. The standard InChI is InChI=1S/C14H24N2O/c1-5-8-15-10-12-6-7-14(17-4)13(9-12)11-16(2)3/h6-7,9,15H,5,8,10-11H2,1-4H3. The molecule has 1 N–H and O–H groups in total. The summed E-state index contributed by atoms with van der Waals surface area (Å²) in [6.07, 6.45) is 1.17. The molecule has 0 saturated heterocycles. The maximum absolute atomic E-state index is 5.38. The van der Waals surface area contributed by atoms with Crippen molar-refractivity contribution in [3.8, 4) is 5.75 Å². The Morgan fingerprint density at radius 1 is 1.29 bits per heavy atom. The molecule has 0 bridgehead atoms. The summed E-state index contributed by atoms with van der Waals surface area (Å²) in [5.74, 6) is 0.970. The van der Waals surface area contributed by atoms with Gasteiger partial charge in [-0.3, -0.25) is 0 Å². The van der Waals surface area contributed by atoms with Crippen molar-refractivity contribution in [2.45, 2.75) is 26.4 Å². The van der Waals surface area contributed by atoms with Crippen molar-refractivity contribution in [1.82, 2.24) is 10.2 Å². The normalized spacial score (nSPS) is 10.9. The number of rotatable bonds is 7. The van der Waals surface area contributed by atoms with Crippen LogP contribution in [0.5, 0.6) is 5.75 Å². The Morgan fingerprint density at radius 3 is 2.65 bits per heavy atom. The van der Waals surface area contributed by atoms with E-state index >= 15 is 0 Å². The number of benzene rings is 1. The first-order valence-electron chi connectivity index (χ1n) is 6.18. The third-order valence-corrected chi connectivity index (χ3v) is 2.59. The van der Waals surface area contributed by atoms with Crippen LogP contribution >= 0.6 is 0 Å². The molecule has 1 aromatic carbocycles. The molecule has 17 heavy (non-hydrogen) atoms. The lowest BCUT2D eigenvalue weighted by Crippen LogP contribution is -2.15. The minimum absolute atomic E-state index is 0.908. The van der Waals surface area contributed by atoms with Crippen molar-refractivity contribution in [2.24, 2.45) is 0 Å². The van der Waals surface area contributed by atoms with E-state index in [9.17, 15) is 0 Å². The van der Waals surface area contributed by atoms with Crippen LogP contribution in [0.15, 0.2) is 18.2 Å². The van der Waals surface area contributed by atoms with Gasteiger partial charge in [-0.2, -0.15) is 0 Å². The minimum Gasteiger partial charge on any atom is -0.496 e. The quantitative estimate of drug-likeness (QED) is 0.735. The van der Waals surface area contributed by atoms with Gasteiger partial charge in [-0.05, 0) is 44.8 Å². The molecule has 0 amide bonds. The second-order valence-electron chi connectivity index (χ2n) is 4.56. The number of nitrogens with one attached hydrogen (secondary N) is 1. The summed E-state index contributed by atoms with van der Waals surface area (Å²) in [6.45, 7) is 5.08. The third-order valence-electron chi connectivity index (χ3n) is 2.59. The SMILES string of the molecule is CCCNCc1ccc(OC)c(CN(C)C)c1. The van der Waals surface area contributed by atoms with Gasteiger partial charge in [0.05, 0.1) is 7.11 Å². The van der Waals surface area contributed by atoms with E-state index in [-0.39, 0.29) is 0 Å². The first kappa shape index (κ1) is 14.0. The van der Waals surface area contributed by atoms with Crippen LogP contribution in [0.3, 0.4) is 0 Å². The molecule has 0 spiro atoms. The average Bonchev–Trinajstić information content (AvgIpc) is 2.29. The lowest BCUT2D eigenvalue weighted by molar-refractivity contribution is 0.371. The molecule has 1 rings (SSSR count). The van der Waals surface area contributed by atoms with Crippen LogP contribution in [0, 0.1) is 0 Å². The Labute approximate surface area is 105 Å². The van der Waals surface area contributed by atoms with E-state index in [4.69, 9.17) is 4.74 Å². The molecular weight excluding hydrogens is 212 g/mol. The monoisotopic (exact) mass is 236 g/mol. The highest BCUT2D eigenvalue weighted by Gasteiger charge is 2.05. The number of methoxy groups -OCH3 is 1.